The number of aromatic nitrogens is 1. The summed E-state index contributed by atoms with van der Waals surface area (Å²) in [6.45, 7) is 0.991. The summed E-state index contributed by atoms with van der Waals surface area (Å²) >= 11 is 5.84. The van der Waals surface area contributed by atoms with Crippen molar-refractivity contribution in [2.24, 2.45) is 0 Å². The molecule has 0 aliphatic heterocycles. The summed E-state index contributed by atoms with van der Waals surface area (Å²) < 4.78 is 82.6. The average molecular weight is 623 g/mol. The lowest BCUT2D eigenvalue weighted by Gasteiger charge is -2.18. The number of aliphatic hydroxyl groups is 1. The van der Waals surface area contributed by atoms with E-state index in [1.807, 2.05) is 4.57 Å². The van der Waals surface area contributed by atoms with Gasteiger partial charge in [-0.3, -0.25) is 4.79 Å². The predicted octanol–water partition coefficient (Wildman–Crippen LogP) is 6.64. The molecule has 3 aromatic carbocycles. The number of benzene rings is 3. The molecule has 0 bridgehead atoms. The van der Waals surface area contributed by atoms with Gasteiger partial charge in [0.05, 0.1) is 39.9 Å². The van der Waals surface area contributed by atoms with E-state index in [4.69, 9.17) is 11.6 Å². The Hall–Kier alpha value is -3.41. The van der Waals surface area contributed by atoms with Crippen LogP contribution in [0, 0.1) is 5.82 Å². The van der Waals surface area contributed by atoms with Crippen LogP contribution < -0.4 is 5.32 Å². The van der Waals surface area contributed by atoms with E-state index in [0.717, 1.165) is 18.9 Å². The fourth-order valence-electron chi connectivity index (χ4n) is 5.09. The summed E-state index contributed by atoms with van der Waals surface area (Å²) in [4.78, 5) is 13.2. The highest BCUT2D eigenvalue weighted by Crippen LogP contribution is 2.42. The van der Waals surface area contributed by atoms with Gasteiger partial charge in [-0.2, -0.15) is 13.2 Å². The largest absolute Gasteiger partial charge is 0.416 e. The Morgan fingerprint density at radius 1 is 1.10 bits per heavy atom. The molecule has 0 unspecified atom stereocenters. The summed E-state index contributed by atoms with van der Waals surface area (Å²) in [6.07, 6.45) is -3.09. The molecule has 1 atom stereocenters. The minimum Gasteiger partial charge on any atom is -0.394 e. The summed E-state index contributed by atoms with van der Waals surface area (Å²) in [7, 11) is -3.44. The molecule has 6 nitrogen and oxygen atoms in total. The Kier molecular flexibility index (Phi) is 8.12. The summed E-state index contributed by atoms with van der Waals surface area (Å²) in [5.74, 6) is -1.71. The first-order chi connectivity index (χ1) is 19.8. The smallest absolute Gasteiger partial charge is 0.394 e. The molecule has 2 N–H and O–H groups in total. The highest BCUT2D eigenvalue weighted by Gasteiger charge is 2.35. The van der Waals surface area contributed by atoms with Gasteiger partial charge in [-0.1, -0.05) is 36.7 Å². The Morgan fingerprint density at radius 3 is 2.38 bits per heavy atom. The average Bonchev–Trinajstić information content (AvgIpc) is 3.72. The fourth-order valence-corrected chi connectivity index (χ4v) is 6.14. The van der Waals surface area contributed by atoms with Crippen LogP contribution in [0.25, 0.3) is 10.9 Å². The van der Waals surface area contributed by atoms with Crippen LogP contribution in [0.3, 0.4) is 0 Å². The van der Waals surface area contributed by atoms with Gasteiger partial charge in [-0.05, 0) is 66.4 Å². The number of halogens is 5. The summed E-state index contributed by atoms with van der Waals surface area (Å²) in [5.41, 5.74) is 0.326. The van der Waals surface area contributed by atoms with E-state index < -0.39 is 46.0 Å². The number of alkyl halides is 3. The molecule has 1 aliphatic carbocycles. The number of sulfone groups is 1. The fraction of sp³-hybridized carbons (Fsp3) is 0.300. The number of nitrogens with zero attached hydrogens (tertiary/aromatic N) is 1. The van der Waals surface area contributed by atoms with Crippen molar-refractivity contribution in [3.05, 3.63) is 99.5 Å². The van der Waals surface area contributed by atoms with E-state index in [0.29, 0.717) is 22.2 Å². The minimum atomic E-state index is -4.61. The molecule has 1 aliphatic rings. The van der Waals surface area contributed by atoms with Crippen molar-refractivity contribution >= 4 is 38.2 Å². The minimum absolute atomic E-state index is 0.0106. The Bertz CT molecular complexity index is 1760. The number of hydrogen-bond acceptors (Lipinski definition) is 4. The van der Waals surface area contributed by atoms with Crippen LogP contribution in [0.5, 0.6) is 0 Å². The van der Waals surface area contributed by atoms with Crippen LogP contribution in [0.15, 0.2) is 65.6 Å². The topological polar surface area (TPSA) is 88.4 Å². The van der Waals surface area contributed by atoms with Crippen molar-refractivity contribution in [3.63, 3.8) is 0 Å². The SMILES string of the molecule is CCS(=O)(=O)c1ccc([C@H](CO)NC(=O)c2cc3cc(Cc4ccc(Cl)cc4C(F)(F)F)n(C4CC4)c3cc2F)cc1. The van der Waals surface area contributed by atoms with Crippen molar-refractivity contribution < 1.29 is 35.9 Å². The van der Waals surface area contributed by atoms with Crippen LogP contribution in [-0.4, -0.2) is 36.4 Å². The zero-order valence-electron chi connectivity index (χ0n) is 22.4. The molecular weight excluding hydrogens is 596 g/mol. The number of rotatable bonds is 9. The Balaban J connectivity index is 1.46. The third kappa shape index (κ3) is 6.04. The van der Waals surface area contributed by atoms with Crippen LogP contribution >= 0.6 is 11.6 Å². The first-order valence-electron chi connectivity index (χ1n) is 13.3. The van der Waals surface area contributed by atoms with Crippen LogP contribution in [0.4, 0.5) is 17.6 Å². The number of aliphatic hydroxyl groups excluding tert-OH is 1. The first-order valence-corrected chi connectivity index (χ1v) is 15.3. The van der Waals surface area contributed by atoms with E-state index in [2.05, 4.69) is 5.32 Å². The number of fused-ring (bicyclic) bond motifs is 1. The quantitative estimate of drug-likeness (QED) is 0.205. The van der Waals surface area contributed by atoms with Gasteiger partial charge < -0.3 is 15.0 Å². The van der Waals surface area contributed by atoms with Crippen molar-refractivity contribution in [1.82, 2.24) is 9.88 Å². The second kappa shape index (κ2) is 11.3. The maximum Gasteiger partial charge on any atom is 0.416 e. The number of hydrogen-bond donors (Lipinski definition) is 2. The van der Waals surface area contributed by atoms with Gasteiger partial charge in [-0.25, -0.2) is 12.8 Å². The Labute approximate surface area is 244 Å². The zero-order valence-corrected chi connectivity index (χ0v) is 24.0. The number of carbonyl (C=O) groups is 1. The molecule has 42 heavy (non-hydrogen) atoms. The summed E-state index contributed by atoms with van der Waals surface area (Å²) in [5, 5.41) is 13.0. The lowest BCUT2D eigenvalue weighted by atomic mass is 10.0. The maximum absolute atomic E-state index is 15.3. The Morgan fingerprint density at radius 2 is 1.79 bits per heavy atom. The van der Waals surface area contributed by atoms with Gasteiger partial charge in [0.15, 0.2) is 9.84 Å². The zero-order chi connectivity index (χ0) is 30.4. The lowest BCUT2D eigenvalue weighted by Crippen LogP contribution is -2.31. The molecule has 1 saturated carbocycles. The van der Waals surface area contributed by atoms with Crippen LogP contribution in [0.2, 0.25) is 5.02 Å². The van der Waals surface area contributed by atoms with E-state index in [-0.39, 0.29) is 39.3 Å². The van der Waals surface area contributed by atoms with Crippen LogP contribution in [0.1, 0.15) is 64.6 Å². The molecule has 5 rings (SSSR count). The molecule has 1 amide bonds. The normalized spacial score (nSPS) is 14.7. The first kappa shape index (κ1) is 30.1. The summed E-state index contributed by atoms with van der Waals surface area (Å²) in [6, 6.07) is 12.6. The monoisotopic (exact) mass is 622 g/mol. The second-order valence-corrected chi connectivity index (χ2v) is 13.0. The van der Waals surface area contributed by atoms with Crippen molar-refractivity contribution in [2.75, 3.05) is 12.4 Å². The molecule has 0 radical (unpaired) electrons. The molecule has 1 heterocycles. The molecule has 0 saturated heterocycles. The molecule has 12 heteroatoms. The van der Waals surface area contributed by atoms with Gasteiger partial charge in [-0.15, -0.1) is 0 Å². The number of carbonyl (C=O) groups excluding carboxylic acids is 1. The molecule has 1 aromatic heterocycles. The highest BCUT2D eigenvalue weighted by atomic mass is 35.5. The van der Waals surface area contributed by atoms with Gasteiger partial charge in [0.2, 0.25) is 0 Å². The van der Waals surface area contributed by atoms with Gasteiger partial charge in [0.25, 0.3) is 5.91 Å². The van der Waals surface area contributed by atoms with Gasteiger partial charge in [0.1, 0.15) is 5.82 Å². The van der Waals surface area contributed by atoms with E-state index >= 15 is 4.39 Å². The van der Waals surface area contributed by atoms with Gasteiger partial charge >= 0.3 is 6.18 Å². The number of amides is 1. The third-order valence-electron chi connectivity index (χ3n) is 7.42. The standard InChI is InChI=1S/C30H27ClF4N2O4S/c1-2-42(40,41)23-9-4-17(5-10-23)27(16-38)36-29(39)24-13-19-12-22(37(21-7-8-21)28(19)15-26(24)32)11-18-3-6-20(31)14-25(18)30(33,34)35/h3-6,9-10,12-15,21,27,38H,2,7-8,11,16H2,1H3,(H,36,39)/t27-/m0/s1. The van der Waals surface area contributed by atoms with E-state index in [1.165, 1.54) is 55.5 Å². The predicted molar refractivity (Wildman–Crippen MR) is 151 cm³/mol. The molecule has 222 valence electrons. The van der Waals surface area contributed by atoms with Crippen LogP contribution in [-0.2, 0) is 22.4 Å². The van der Waals surface area contributed by atoms with E-state index in [9.17, 15) is 31.5 Å². The molecular formula is C30H27ClF4N2O4S. The second-order valence-electron chi connectivity index (χ2n) is 10.3. The third-order valence-corrected chi connectivity index (χ3v) is 9.41. The van der Waals surface area contributed by atoms with Crippen molar-refractivity contribution in [3.8, 4) is 0 Å². The van der Waals surface area contributed by atoms with E-state index in [1.54, 1.807) is 6.07 Å². The number of nitrogens with one attached hydrogen (secondary N) is 1. The molecule has 4 aromatic rings. The van der Waals surface area contributed by atoms with Crippen molar-refractivity contribution in [1.29, 1.82) is 0 Å². The highest BCUT2D eigenvalue weighted by molar-refractivity contribution is 7.91. The lowest BCUT2D eigenvalue weighted by molar-refractivity contribution is -0.138. The van der Waals surface area contributed by atoms with Gasteiger partial charge in [0, 0.05) is 28.6 Å². The van der Waals surface area contributed by atoms with Crippen molar-refractivity contribution in [2.45, 2.75) is 49.3 Å². The maximum atomic E-state index is 15.3. The molecule has 1 fully saturated rings. The molecule has 0 spiro atoms.